The van der Waals surface area contributed by atoms with Gasteiger partial charge in [0.05, 0.1) is 0 Å². The highest BCUT2D eigenvalue weighted by Crippen LogP contribution is 2.18. The van der Waals surface area contributed by atoms with Gasteiger partial charge in [-0.1, -0.05) is 6.92 Å². The van der Waals surface area contributed by atoms with E-state index < -0.39 is 6.61 Å². The Morgan fingerprint density at radius 1 is 1.30 bits per heavy atom. The molecule has 2 rings (SSSR count). The SMILES string of the molecule is CCCN1CCC(NC(=S)Nc2ccc(OC(F)F)cc2)CC1. The van der Waals surface area contributed by atoms with Crippen LogP contribution in [0, 0.1) is 0 Å². The summed E-state index contributed by atoms with van der Waals surface area (Å²) in [5, 5.41) is 6.95. The van der Waals surface area contributed by atoms with Gasteiger partial charge in [-0.3, -0.25) is 0 Å². The predicted molar refractivity (Wildman–Crippen MR) is 92.2 cm³/mol. The van der Waals surface area contributed by atoms with Gasteiger partial charge in [-0.25, -0.2) is 0 Å². The van der Waals surface area contributed by atoms with Crippen LogP contribution in [0.25, 0.3) is 0 Å². The van der Waals surface area contributed by atoms with E-state index in [9.17, 15) is 8.78 Å². The van der Waals surface area contributed by atoms with Crippen molar-refractivity contribution in [2.24, 2.45) is 0 Å². The number of likely N-dealkylation sites (tertiary alicyclic amines) is 1. The molecular formula is C16H23F2N3OS. The van der Waals surface area contributed by atoms with Crippen molar-refractivity contribution in [3.8, 4) is 5.75 Å². The van der Waals surface area contributed by atoms with Crippen molar-refractivity contribution in [3.63, 3.8) is 0 Å². The van der Waals surface area contributed by atoms with Gasteiger partial charge < -0.3 is 20.3 Å². The predicted octanol–water partition coefficient (Wildman–Crippen LogP) is 3.45. The van der Waals surface area contributed by atoms with Gasteiger partial charge in [0.1, 0.15) is 5.75 Å². The molecule has 23 heavy (non-hydrogen) atoms. The van der Waals surface area contributed by atoms with E-state index in [0.29, 0.717) is 11.2 Å². The average Bonchev–Trinajstić information content (AvgIpc) is 2.51. The molecule has 2 N–H and O–H groups in total. The third-order valence-electron chi connectivity index (χ3n) is 3.80. The molecule has 1 heterocycles. The fraction of sp³-hybridized carbons (Fsp3) is 0.562. The number of anilines is 1. The quantitative estimate of drug-likeness (QED) is 0.774. The minimum atomic E-state index is -2.81. The second-order valence-electron chi connectivity index (χ2n) is 5.62. The lowest BCUT2D eigenvalue weighted by atomic mass is 10.1. The van der Waals surface area contributed by atoms with Gasteiger partial charge in [0.2, 0.25) is 0 Å². The molecular weight excluding hydrogens is 320 g/mol. The van der Waals surface area contributed by atoms with E-state index in [1.165, 1.54) is 18.6 Å². The van der Waals surface area contributed by atoms with E-state index >= 15 is 0 Å². The van der Waals surface area contributed by atoms with Crippen molar-refractivity contribution >= 4 is 23.0 Å². The van der Waals surface area contributed by atoms with Crippen LogP contribution in [0.3, 0.4) is 0 Å². The van der Waals surface area contributed by atoms with Gasteiger partial charge >= 0.3 is 6.61 Å². The number of hydrogen-bond acceptors (Lipinski definition) is 3. The summed E-state index contributed by atoms with van der Waals surface area (Å²) in [5.41, 5.74) is 0.743. The summed E-state index contributed by atoms with van der Waals surface area (Å²) in [6, 6.07) is 6.68. The van der Waals surface area contributed by atoms with Crippen molar-refractivity contribution in [1.82, 2.24) is 10.2 Å². The Balaban J connectivity index is 1.74. The fourth-order valence-electron chi connectivity index (χ4n) is 2.69. The van der Waals surface area contributed by atoms with E-state index in [-0.39, 0.29) is 5.75 Å². The fourth-order valence-corrected chi connectivity index (χ4v) is 2.97. The van der Waals surface area contributed by atoms with Crippen molar-refractivity contribution < 1.29 is 13.5 Å². The first-order valence-electron chi connectivity index (χ1n) is 7.91. The standard InChI is InChI=1S/C16H23F2N3OS/c1-2-9-21-10-7-13(8-11-21)20-16(23)19-12-3-5-14(6-4-12)22-15(17)18/h3-6,13,15H,2,7-11H2,1H3,(H2,19,20,23). The van der Waals surface area contributed by atoms with Crippen molar-refractivity contribution in [2.75, 3.05) is 25.0 Å². The van der Waals surface area contributed by atoms with Gasteiger partial charge in [0.15, 0.2) is 5.11 Å². The van der Waals surface area contributed by atoms with Crippen LogP contribution >= 0.6 is 12.2 Å². The molecule has 0 unspecified atom stereocenters. The Kier molecular flexibility index (Phi) is 6.98. The molecule has 0 spiro atoms. The second kappa shape index (κ2) is 8.98. The summed E-state index contributed by atoms with van der Waals surface area (Å²) in [7, 11) is 0. The van der Waals surface area contributed by atoms with Gasteiger partial charge in [0.25, 0.3) is 0 Å². The molecule has 0 bridgehead atoms. The average molecular weight is 343 g/mol. The van der Waals surface area contributed by atoms with Crippen molar-refractivity contribution in [2.45, 2.75) is 38.8 Å². The molecule has 1 fully saturated rings. The first-order chi connectivity index (χ1) is 11.1. The zero-order chi connectivity index (χ0) is 16.7. The van der Waals surface area contributed by atoms with E-state index in [4.69, 9.17) is 12.2 Å². The van der Waals surface area contributed by atoms with Crippen molar-refractivity contribution in [3.05, 3.63) is 24.3 Å². The second-order valence-corrected chi connectivity index (χ2v) is 6.03. The summed E-state index contributed by atoms with van der Waals surface area (Å²) in [5.74, 6) is 0.132. The summed E-state index contributed by atoms with van der Waals surface area (Å²) in [6.07, 6.45) is 3.33. The van der Waals surface area contributed by atoms with Crippen LogP contribution < -0.4 is 15.4 Å². The number of benzene rings is 1. The van der Waals surface area contributed by atoms with E-state index in [1.807, 2.05) is 0 Å². The highest BCUT2D eigenvalue weighted by atomic mass is 32.1. The molecule has 0 amide bonds. The maximum Gasteiger partial charge on any atom is 0.387 e. The molecule has 128 valence electrons. The first kappa shape index (κ1) is 17.9. The molecule has 4 nitrogen and oxygen atoms in total. The summed E-state index contributed by atoms with van der Waals surface area (Å²) in [4.78, 5) is 2.47. The third kappa shape index (κ3) is 6.27. The van der Waals surface area contributed by atoms with E-state index in [0.717, 1.165) is 38.2 Å². The first-order valence-corrected chi connectivity index (χ1v) is 8.32. The minimum absolute atomic E-state index is 0.132. The lowest BCUT2D eigenvalue weighted by Gasteiger charge is -2.32. The molecule has 7 heteroatoms. The number of nitrogens with zero attached hydrogens (tertiary/aromatic N) is 1. The van der Waals surface area contributed by atoms with Gasteiger partial charge in [-0.15, -0.1) is 0 Å². The van der Waals surface area contributed by atoms with Crippen LogP contribution in [-0.2, 0) is 0 Å². The number of thiocarbonyl (C=S) groups is 1. The number of rotatable bonds is 6. The molecule has 0 aromatic heterocycles. The highest BCUT2D eigenvalue weighted by molar-refractivity contribution is 7.80. The Labute approximate surface area is 141 Å². The lowest BCUT2D eigenvalue weighted by Crippen LogP contribution is -2.45. The van der Waals surface area contributed by atoms with Crippen LogP contribution in [0.15, 0.2) is 24.3 Å². The van der Waals surface area contributed by atoms with E-state index in [2.05, 4.69) is 27.2 Å². The Morgan fingerprint density at radius 2 is 1.96 bits per heavy atom. The van der Waals surface area contributed by atoms with Gasteiger partial charge in [-0.2, -0.15) is 8.78 Å². The topological polar surface area (TPSA) is 36.5 Å². The molecule has 0 radical (unpaired) electrons. The zero-order valence-corrected chi connectivity index (χ0v) is 14.0. The summed E-state index contributed by atoms with van der Waals surface area (Å²) in [6.45, 7) is 2.72. The number of alkyl halides is 2. The smallest absolute Gasteiger partial charge is 0.387 e. The van der Waals surface area contributed by atoms with Crippen LogP contribution in [0.5, 0.6) is 5.75 Å². The van der Waals surface area contributed by atoms with E-state index in [1.54, 1.807) is 12.1 Å². The van der Waals surface area contributed by atoms with Crippen LogP contribution in [-0.4, -0.2) is 42.3 Å². The van der Waals surface area contributed by atoms with Crippen LogP contribution in [0.2, 0.25) is 0 Å². The molecule has 0 atom stereocenters. The molecule has 1 saturated heterocycles. The monoisotopic (exact) mass is 343 g/mol. The normalized spacial score (nSPS) is 16.3. The number of halogens is 2. The molecule has 1 aliphatic heterocycles. The van der Waals surface area contributed by atoms with Gasteiger partial charge in [0, 0.05) is 24.8 Å². The van der Waals surface area contributed by atoms with Crippen molar-refractivity contribution in [1.29, 1.82) is 0 Å². The number of ether oxygens (including phenoxy) is 1. The largest absolute Gasteiger partial charge is 0.435 e. The van der Waals surface area contributed by atoms with Gasteiger partial charge in [-0.05, 0) is 62.3 Å². The zero-order valence-electron chi connectivity index (χ0n) is 13.2. The maximum absolute atomic E-state index is 12.1. The molecule has 0 saturated carbocycles. The van der Waals surface area contributed by atoms with Crippen LogP contribution in [0.4, 0.5) is 14.5 Å². The Bertz CT molecular complexity index is 491. The summed E-state index contributed by atoms with van der Waals surface area (Å²) >= 11 is 5.31. The molecule has 1 aliphatic rings. The minimum Gasteiger partial charge on any atom is -0.435 e. The maximum atomic E-state index is 12.1. The third-order valence-corrected chi connectivity index (χ3v) is 4.02. The summed E-state index contributed by atoms with van der Waals surface area (Å²) < 4.78 is 28.5. The highest BCUT2D eigenvalue weighted by Gasteiger charge is 2.18. The molecule has 0 aliphatic carbocycles. The molecule has 1 aromatic rings. The Morgan fingerprint density at radius 3 is 2.52 bits per heavy atom. The number of piperidine rings is 1. The number of nitrogens with one attached hydrogen (secondary N) is 2. The lowest BCUT2D eigenvalue weighted by molar-refractivity contribution is -0.0498. The van der Waals surface area contributed by atoms with Crippen LogP contribution in [0.1, 0.15) is 26.2 Å². The number of hydrogen-bond donors (Lipinski definition) is 2. The Hall–Kier alpha value is -1.47. The molecule has 1 aromatic carbocycles.